The van der Waals surface area contributed by atoms with Crippen molar-refractivity contribution in [3.05, 3.63) is 22.1 Å². The first-order valence-electron chi connectivity index (χ1n) is 10.8. The number of hydrogen-bond acceptors (Lipinski definition) is 11. The lowest BCUT2D eigenvalue weighted by atomic mass is 10.1. The predicted octanol–water partition coefficient (Wildman–Crippen LogP) is 3.09. The van der Waals surface area contributed by atoms with Crippen LogP contribution in [0.4, 0.5) is 15.4 Å². The van der Waals surface area contributed by atoms with Gasteiger partial charge in [0.1, 0.15) is 29.6 Å². The molecule has 0 aromatic carbocycles. The molecule has 3 heterocycles. The van der Waals surface area contributed by atoms with Crippen molar-refractivity contribution in [2.75, 3.05) is 11.5 Å². The zero-order valence-electron chi connectivity index (χ0n) is 20.5. The molecule has 0 bridgehead atoms. The fourth-order valence-corrected chi connectivity index (χ4v) is 3.54. The molecule has 1 saturated heterocycles. The van der Waals surface area contributed by atoms with Crippen molar-refractivity contribution < 1.29 is 34.0 Å². The van der Waals surface area contributed by atoms with Crippen molar-refractivity contribution in [1.82, 2.24) is 19.5 Å². The van der Waals surface area contributed by atoms with Gasteiger partial charge in [0.25, 0.3) is 0 Å². The van der Waals surface area contributed by atoms with Gasteiger partial charge in [0.2, 0.25) is 5.28 Å². The van der Waals surface area contributed by atoms with Crippen molar-refractivity contribution in [3.63, 3.8) is 0 Å². The van der Waals surface area contributed by atoms with E-state index in [1.54, 1.807) is 41.5 Å². The van der Waals surface area contributed by atoms with Crippen LogP contribution in [0.25, 0.3) is 21.6 Å². The third-order valence-electron chi connectivity index (χ3n) is 4.72. The summed E-state index contributed by atoms with van der Waals surface area (Å²) in [5.74, 6) is -0.329. The number of aliphatic hydroxyl groups excluding tert-OH is 2. The molecule has 0 aliphatic carbocycles. The Hall–Kier alpha value is -3.23. The number of nitrogens with zero attached hydrogens (tertiary/aromatic N) is 8. The lowest BCUT2D eigenvalue weighted by Crippen LogP contribution is -2.44. The minimum absolute atomic E-state index is 0.0175. The lowest BCUT2D eigenvalue weighted by molar-refractivity contribution is -0.0437. The Morgan fingerprint density at radius 3 is 2.31 bits per heavy atom. The molecule has 1 fully saturated rings. The van der Waals surface area contributed by atoms with Crippen LogP contribution in [-0.4, -0.2) is 78.0 Å². The summed E-state index contributed by atoms with van der Waals surface area (Å²) < 4.78 is 17.7. The fraction of sp³-hybridized carbons (Fsp3) is 0.650. The van der Waals surface area contributed by atoms with Crippen LogP contribution in [0.15, 0.2) is 11.4 Å². The molecule has 0 unspecified atom stereocenters. The minimum Gasteiger partial charge on any atom is -0.443 e. The highest BCUT2D eigenvalue weighted by Gasteiger charge is 2.45. The summed E-state index contributed by atoms with van der Waals surface area (Å²) in [4.78, 5) is 41.8. The molecule has 4 atom stereocenters. The van der Waals surface area contributed by atoms with Crippen LogP contribution < -0.4 is 4.90 Å². The van der Waals surface area contributed by atoms with Crippen molar-refractivity contribution >= 4 is 40.8 Å². The monoisotopic (exact) mass is 526 g/mol. The number of imidazole rings is 1. The molecule has 2 aromatic rings. The highest BCUT2D eigenvalue weighted by molar-refractivity contribution is 6.29. The van der Waals surface area contributed by atoms with Crippen molar-refractivity contribution in [2.45, 2.75) is 77.2 Å². The molecule has 1 aliphatic rings. The van der Waals surface area contributed by atoms with Gasteiger partial charge in [-0.2, -0.15) is 14.9 Å². The topological polar surface area (TPSA) is 198 Å². The second kappa shape index (κ2) is 10.0. The van der Waals surface area contributed by atoms with Gasteiger partial charge in [0.05, 0.1) is 19.0 Å². The summed E-state index contributed by atoms with van der Waals surface area (Å²) in [6, 6.07) is -1.16. The summed E-state index contributed by atoms with van der Waals surface area (Å²) in [5, 5.41) is 23.1. The number of carbonyl (C=O) groups excluding carboxylic acids is 2. The Kier molecular flexibility index (Phi) is 7.62. The van der Waals surface area contributed by atoms with Gasteiger partial charge in [0, 0.05) is 4.91 Å². The highest BCUT2D eigenvalue weighted by Crippen LogP contribution is 2.36. The Bertz CT molecular complexity index is 1170. The summed E-state index contributed by atoms with van der Waals surface area (Å²) in [5.41, 5.74) is 6.92. The smallest absolute Gasteiger partial charge is 0.425 e. The fourth-order valence-electron chi connectivity index (χ4n) is 3.38. The van der Waals surface area contributed by atoms with E-state index in [-0.39, 0.29) is 22.3 Å². The molecule has 2 amide bonds. The predicted molar refractivity (Wildman–Crippen MR) is 125 cm³/mol. The largest absolute Gasteiger partial charge is 0.443 e. The maximum absolute atomic E-state index is 13.1. The Balaban J connectivity index is 2.17. The average molecular weight is 527 g/mol. The van der Waals surface area contributed by atoms with E-state index in [0.717, 1.165) is 0 Å². The zero-order valence-corrected chi connectivity index (χ0v) is 21.2. The third-order valence-corrected chi connectivity index (χ3v) is 4.88. The number of anilines is 1. The number of aromatic nitrogens is 4. The van der Waals surface area contributed by atoms with E-state index in [1.807, 2.05) is 0 Å². The van der Waals surface area contributed by atoms with Crippen molar-refractivity contribution in [3.8, 4) is 0 Å². The van der Waals surface area contributed by atoms with Crippen molar-refractivity contribution in [2.24, 2.45) is 5.11 Å². The number of aliphatic hydroxyl groups is 2. The van der Waals surface area contributed by atoms with E-state index in [0.29, 0.717) is 4.90 Å². The first-order valence-corrected chi connectivity index (χ1v) is 11.2. The van der Waals surface area contributed by atoms with E-state index in [2.05, 4.69) is 25.0 Å². The molecule has 0 saturated carbocycles. The number of carbonyl (C=O) groups is 2. The van der Waals surface area contributed by atoms with E-state index in [1.165, 1.54) is 10.9 Å². The van der Waals surface area contributed by atoms with Gasteiger partial charge >= 0.3 is 12.2 Å². The number of imide groups is 1. The lowest BCUT2D eigenvalue weighted by Gasteiger charge is -2.28. The quantitative estimate of drug-likeness (QED) is 0.258. The first kappa shape index (κ1) is 27.4. The number of hydrogen-bond donors (Lipinski definition) is 2. The van der Waals surface area contributed by atoms with Crippen LogP contribution in [0.3, 0.4) is 0 Å². The standard InChI is InChI=1S/C20H27ClN8O7/c1-19(2,3)35-17(32)29(18(33)36-20(4,5)6)14-11-13(24-16(21)25-14)28(8-23-11)15-10(26-27-22)12(31)9(7-30)34-15/h8-10,12,15,30-31H,7H2,1-6H3/t9-,10-,12-,15-/m1/s1. The molecule has 0 spiro atoms. The van der Waals surface area contributed by atoms with Gasteiger partial charge in [0.15, 0.2) is 17.0 Å². The second-order valence-electron chi connectivity index (χ2n) is 9.87. The summed E-state index contributed by atoms with van der Waals surface area (Å²) in [6.07, 6.45) is -4.50. The number of rotatable bonds is 4. The Morgan fingerprint density at radius 1 is 1.22 bits per heavy atom. The van der Waals surface area contributed by atoms with E-state index in [9.17, 15) is 19.8 Å². The SMILES string of the molecule is CC(C)(C)OC(=O)N(C(=O)OC(C)(C)C)c1nc(Cl)nc2c1ncn2[C@@H]1O[C@H](CO)[C@@H](O)[C@H]1N=[N+]=[N-]. The number of ether oxygens (including phenoxy) is 3. The van der Waals surface area contributed by atoms with Gasteiger partial charge in [-0.3, -0.25) is 4.57 Å². The van der Waals surface area contributed by atoms with E-state index >= 15 is 0 Å². The molecule has 3 rings (SSSR count). The number of fused-ring (bicyclic) bond motifs is 1. The minimum atomic E-state index is -1.33. The zero-order chi connectivity index (χ0) is 27.0. The highest BCUT2D eigenvalue weighted by atomic mass is 35.5. The second-order valence-corrected chi connectivity index (χ2v) is 10.2. The molecular formula is C20H27ClN8O7. The van der Waals surface area contributed by atoms with Gasteiger partial charge in [-0.15, -0.1) is 0 Å². The van der Waals surface area contributed by atoms with Crippen LogP contribution in [0.2, 0.25) is 5.28 Å². The van der Waals surface area contributed by atoms with Crippen LogP contribution in [-0.2, 0) is 14.2 Å². The van der Waals surface area contributed by atoms with Gasteiger partial charge in [-0.1, -0.05) is 5.11 Å². The van der Waals surface area contributed by atoms with Crippen molar-refractivity contribution in [1.29, 1.82) is 0 Å². The molecule has 0 radical (unpaired) electrons. The van der Waals surface area contributed by atoms with Crippen LogP contribution in [0, 0.1) is 0 Å². The molecule has 15 nitrogen and oxygen atoms in total. The summed E-state index contributed by atoms with van der Waals surface area (Å²) in [7, 11) is 0. The summed E-state index contributed by atoms with van der Waals surface area (Å²) in [6.45, 7) is 9.15. The Labute approximate surface area is 210 Å². The van der Waals surface area contributed by atoms with Crippen LogP contribution >= 0.6 is 11.6 Å². The maximum Gasteiger partial charge on any atom is 0.425 e. The van der Waals surface area contributed by atoms with E-state index < -0.39 is 54.5 Å². The van der Waals surface area contributed by atoms with E-state index in [4.69, 9.17) is 31.3 Å². The molecule has 196 valence electrons. The number of amides is 2. The van der Waals surface area contributed by atoms with Gasteiger partial charge < -0.3 is 24.4 Å². The number of azide groups is 1. The average Bonchev–Trinajstić information content (AvgIpc) is 3.26. The normalized spacial score (nSPS) is 22.2. The molecule has 1 aliphatic heterocycles. The van der Waals surface area contributed by atoms with Crippen LogP contribution in [0.5, 0.6) is 0 Å². The maximum atomic E-state index is 13.1. The Morgan fingerprint density at radius 2 is 1.81 bits per heavy atom. The molecule has 36 heavy (non-hydrogen) atoms. The molecule has 2 aromatic heterocycles. The van der Waals surface area contributed by atoms with Gasteiger partial charge in [-0.05, 0) is 58.7 Å². The first-order chi connectivity index (χ1) is 16.7. The molecule has 16 heteroatoms. The molecular weight excluding hydrogens is 500 g/mol. The van der Waals surface area contributed by atoms with Gasteiger partial charge in [-0.25, -0.2) is 14.6 Å². The van der Waals surface area contributed by atoms with Crippen LogP contribution in [0.1, 0.15) is 47.8 Å². The number of halogens is 1. The third kappa shape index (κ3) is 5.77. The molecule has 2 N–H and O–H groups in total. The summed E-state index contributed by atoms with van der Waals surface area (Å²) >= 11 is 6.15.